The summed E-state index contributed by atoms with van der Waals surface area (Å²) < 4.78 is 164. The molecule has 0 saturated heterocycles. The van der Waals surface area contributed by atoms with Gasteiger partial charge in [0, 0.05) is 0 Å². The van der Waals surface area contributed by atoms with Crippen LogP contribution in [0.25, 0.3) is 0 Å². The van der Waals surface area contributed by atoms with Gasteiger partial charge in [0.2, 0.25) is 0 Å². The highest BCUT2D eigenvalue weighted by Crippen LogP contribution is 2.57. The number of hydrogen-bond acceptors (Lipinski definition) is 0. The highest BCUT2D eigenvalue weighted by atomic mass is 35.5. The minimum Gasteiger partial charge on any atom is -0.166 e. The van der Waals surface area contributed by atoms with E-state index in [2.05, 4.69) is 0 Å². The van der Waals surface area contributed by atoms with Crippen LogP contribution in [0.3, 0.4) is 0 Å². The lowest BCUT2D eigenvalue weighted by Gasteiger charge is -2.33. The Morgan fingerprint density at radius 3 is 1.00 bits per heavy atom. The average molecular weight is 753 g/mol. The Balaban J connectivity index is 1.93. The topological polar surface area (TPSA) is 0 Å². The van der Waals surface area contributed by atoms with Crippen LogP contribution in [-0.2, 0) is 24.7 Å². The molecule has 0 heterocycles. The van der Waals surface area contributed by atoms with Gasteiger partial charge in [-0.25, -0.2) is 0 Å². The van der Waals surface area contributed by atoms with Gasteiger partial charge in [-0.15, -0.1) is 0 Å². The summed E-state index contributed by atoms with van der Waals surface area (Å²) in [5.41, 5.74) is -7.12. The Kier molecular flexibility index (Phi) is 10.9. The molecule has 0 aromatic heterocycles. The van der Waals surface area contributed by atoms with Crippen molar-refractivity contribution in [1.82, 2.24) is 0 Å². The first-order valence-corrected chi connectivity index (χ1v) is 16.8. The summed E-state index contributed by atoms with van der Waals surface area (Å²) in [6, 6.07) is 17.7. The third kappa shape index (κ3) is 9.34. The van der Waals surface area contributed by atoms with Gasteiger partial charge in [-0.3, -0.25) is 0 Å². The van der Waals surface area contributed by atoms with E-state index in [0.29, 0.717) is 34.9 Å². The Bertz CT molecular complexity index is 1490. The van der Waals surface area contributed by atoms with Crippen molar-refractivity contribution in [2.45, 2.75) is 35.2 Å². The second-order valence-corrected chi connectivity index (χ2v) is 16.9. The maximum absolute atomic E-state index is 13.8. The molecular formula is C31H20Cl2F12P2. The monoisotopic (exact) mass is 752 g/mol. The van der Waals surface area contributed by atoms with Crippen LogP contribution in [0.2, 0.25) is 0 Å². The second-order valence-electron chi connectivity index (χ2n) is 10.1. The van der Waals surface area contributed by atoms with E-state index in [1.54, 1.807) is 60.7 Å². The predicted octanol–water partition coefficient (Wildman–Crippen LogP) is 10.8. The van der Waals surface area contributed by atoms with Crippen LogP contribution in [0.4, 0.5) is 52.7 Å². The fourth-order valence-electron chi connectivity index (χ4n) is 4.64. The fraction of sp³-hybridized carbons (Fsp3) is 0.226. The molecule has 0 spiro atoms. The molecule has 4 rings (SSSR count). The quantitative estimate of drug-likeness (QED) is 0.0955. The second kappa shape index (κ2) is 13.8. The lowest BCUT2D eigenvalue weighted by molar-refractivity contribution is -0.144. The Morgan fingerprint density at radius 1 is 0.426 bits per heavy atom. The lowest BCUT2D eigenvalue weighted by Crippen LogP contribution is -2.28. The fourth-order valence-corrected chi connectivity index (χ4v) is 11.3. The van der Waals surface area contributed by atoms with Gasteiger partial charge in [-0.1, -0.05) is 83.9 Å². The highest BCUT2D eigenvalue weighted by Gasteiger charge is 2.42. The van der Waals surface area contributed by atoms with Gasteiger partial charge in [0.15, 0.2) is 0 Å². The number of benzene rings is 4. The predicted molar refractivity (Wildman–Crippen MR) is 162 cm³/mol. The van der Waals surface area contributed by atoms with E-state index < -0.39 is 90.1 Å². The molecule has 0 nitrogen and oxygen atoms in total. The molecule has 0 N–H and O–H groups in total. The SMILES string of the molecule is FC(F)(F)c1cc(P(CCC(Cl)(Cl)P(c2ccccc2)c2ccccc2)c2cc(C(F)(F)F)cc(C(F)(F)F)c2)cc(C(F)(F)F)c1. The molecule has 252 valence electrons. The number of rotatable bonds is 8. The zero-order valence-electron chi connectivity index (χ0n) is 23.3. The summed E-state index contributed by atoms with van der Waals surface area (Å²) >= 11 is 13.8. The Hall–Kier alpha value is -2.52. The largest absolute Gasteiger partial charge is 0.416 e. The first kappa shape index (κ1) is 37.3. The van der Waals surface area contributed by atoms with Crippen molar-refractivity contribution in [2.24, 2.45) is 0 Å². The van der Waals surface area contributed by atoms with Crippen molar-refractivity contribution in [3.63, 3.8) is 0 Å². The van der Waals surface area contributed by atoms with E-state index >= 15 is 0 Å². The first-order chi connectivity index (χ1) is 21.6. The molecule has 0 aliphatic rings. The maximum Gasteiger partial charge on any atom is 0.416 e. The lowest BCUT2D eigenvalue weighted by atomic mass is 10.1. The van der Waals surface area contributed by atoms with Crippen molar-refractivity contribution in [1.29, 1.82) is 0 Å². The molecule has 0 aliphatic heterocycles. The molecular weight excluding hydrogens is 733 g/mol. The molecule has 0 unspecified atom stereocenters. The third-order valence-electron chi connectivity index (χ3n) is 6.76. The molecule has 0 saturated carbocycles. The summed E-state index contributed by atoms with van der Waals surface area (Å²) in [5, 5.41) is -0.301. The van der Waals surface area contributed by atoms with Gasteiger partial charge in [0.25, 0.3) is 0 Å². The average Bonchev–Trinajstić information content (AvgIpc) is 2.96. The summed E-state index contributed by atoms with van der Waals surface area (Å²) in [7, 11) is -4.53. The van der Waals surface area contributed by atoms with Gasteiger partial charge in [0.1, 0.15) is 4.07 Å². The van der Waals surface area contributed by atoms with Crippen LogP contribution < -0.4 is 21.2 Å². The molecule has 0 aliphatic carbocycles. The van der Waals surface area contributed by atoms with E-state index in [1.165, 1.54) is 0 Å². The number of hydrogen-bond donors (Lipinski definition) is 0. The standard InChI is InChI=1S/C31H20Cl2F12P2/c32-27(33,47(23-7-3-1-4-8-23)24-9-5-2-6-10-24)11-12-46(25-15-19(28(34,35)36)13-20(16-25)29(37,38)39)26-17-21(30(40,41)42)14-22(18-26)31(43,44)45/h1-10,13-18H,11-12H2. The van der Waals surface area contributed by atoms with Gasteiger partial charge in [0.05, 0.1) is 22.3 Å². The Labute approximate surface area is 273 Å². The number of halogens is 14. The van der Waals surface area contributed by atoms with E-state index in [1.807, 2.05) is 0 Å². The van der Waals surface area contributed by atoms with Crippen LogP contribution in [0.5, 0.6) is 0 Å². The summed E-state index contributed by atoms with van der Waals surface area (Å²) in [4.78, 5) is 0. The maximum atomic E-state index is 13.8. The number of alkyl halides is 14. The third-order valence-corrected chi connectivity index (χ3v) is 13.1. The first-order valence-electron chi connectivity index (χ1n) is 13.2. The van der Waals surface area contributed by atoms with Gasteiger partial charge >= 0.3 is 24.7 Å². The van der Waals surface area contributed by atoms with Crippen molar-refractivity contribution >= 4 is 60.3 Å². The van der Waals surface area contributed by atoms with Gasteiger partial charge in [-0.05, 0) is 86.0 Å². The van der Waals surface area contributed by atoms with Crippen molar-refractivity contribution in [2.75, 3.05) is 6.16 Å². The van der Waals surface area contributed by atoms with Gasteiger partial charge < -0.3 is 0 Å². The van der Waals surface area contributed by atoms with Crippen LogP contribution >= 0.6 is 39.0 Å². The van der Waals surface area contributed by atoms with E-state index in [-0.39, 0.29) is 12.1 Å². The highest BCUT2D eigenvalue weighted by molar-refractivity contribution is 7.77. The molecule has 47 heavy (non-hydrogen) atoms. The summed E-state index contributed by atoms with van der Waals surface area (Å²) in [5.74, 6) is 0. The minimum atomic E-state index is -5.33. The van der Waals surface area contributed by atoms with E-state index in [0.717, 1.165) is 0 Å². The molecule has 0 bridgehead atoms. The van der Waals surface area contributed by atoms with Crippen LogP contribution in [-0.4, -0.2) is 10.2 Å². The van der Waals surface area contributed by atoms with Crippen molar-refractivity contribution in [3.05, 3.63) is 119 Å². The summed E-state index contributed by atoms with van der Waals surface area (Å²) in [6.07, 6.45) is -22.3. The molecule has 0 atom stereocenters. The molecule has 4 aromatic carbocycles. The molecule has 0 amide bonds. The Morgan fingerprint density at radius 2 is 0.723 bits per heavy atom. The smallest absolute Gasteiger partial charge is 0.166 e. The molecule has 4 aromatic rings. The van der Waals surface area contributed by atoms with Gasteiger partial charge in [-0.2, -0.15) is 52.7 Å². The van der Waals surface area contributed by atoms with E-state index in [9.17, 15) is 52.7 Å². The zero-order valence-corrected chi connectivity index (χ0v) is 26.6. The molecule has 0 fully saturated rings. The van der Waals surface area contributed by atoms with Crippen LogP contribution in [0.1, 0.15) is 28.7 Å². The molecule has 16 heteroatoms. The zero-order chi connectivity index (χ0) is 35.0. The normalized spacial score (nSPS) is 13.4. The molecule has 0 radical (unpaired) electrons. The van der Waals surface area contributed by atoms with Crippen molar-refractivity contribution < 1.29 is 52.7 Å². The summed E-state index contributed by atoms with van der Waals surface area (Å²) in [6.45, 7) is 0. The van der Waals surface area contributed by atoms with Crippen molar-refractivity contribution in [3.8, 4) is 0 Å². The van der Waals surface area contributed by atoms with Crippen LogP contribution in [0.15, 0.2) is 97.1 Å². The van der Waals surface area contributed by atoms with Crippen LogP contribution in [0, 0.1) is 0 Å². The van der Waals surface area contributed by atoms with E-state index in [4.69, 9.17) is 23.2 Å². The minimum absolute atomic E-state index is 0.179.